The van der Waals surface area contributed by atoms with Gasteiger partial charge < -0.3 is 4.74 Å². The van der Waals surface area contributed by atoms with Crippen LogP contribution in [0.2, 0.25) is 0 Å². The number of hydrogen-bond acceptors (Lipinski definition) is 5. The van der Waals surface area contributed by atoms with Crippen LogP contribution in [0.4, 0.5) is 0 Å². The second-order valence-electron chi connectivity index (χ2n) is 7.71. The molecule has 5 nitrogen and oxygen atoms in total. The minimum atomic E-state index is -0.348. The zero-order chi connectivity index (χ0) is 22.0. The Morgan fingerprint density at radius 1 is 1.06 bits per heavy atom. The molecule has 0 aliphatic carbocycles. The van der Waals surface area contributed by atoms with Crippen molar-refractivity contribution in [3.05, 3.63) is 87.3 Å². The zero-order valence-corrected chi connectivity index (χ0v) is 18.6. The molecule has 0 saturated carbocycles. The fourth-order valence-electron chi connectivity index (χ4n) is 3.44. The number of rotatable bonds is 6. The first-order valence-corrected chi connectivity index (χ1v) is 11.2. The summed E-state index contributed by atoms with van der Waals surface area (Å²) in [4.78, 5) is 30.5. The number of carbonyl (C=O) groups excluding carboxylic acids is 1. The summed E-state index contributed by atoms with van der Waals surface area (Å²) in [6.45, 7) is 6.14. The lowest BCUT2D eigenvalue weighted by atomic mass is 10.0. The molecule has 0 bridgehead atoms. The first-order chi connectivity index (χ1) is 15.0. The van der Waals surface area contributed by atoms with Crippen molar-refractivity contribution in [1.82, 2.24) is 9.55 Å². The van der Waals surface area contributed by atoms with Crippen LogP contribution in [0.25, 0.3) is 21.3 Å². The highest BCUT2D eigenvalue weighted by Gasteiger charge is 2.14. The number of aromatic nitrogens is 2. The van der Waals surface area contributed by atoms with Gasteiger partial charge in [-0.3, -0.25) is 9.36 Å². The molecule has 0 aliphatic heterocycles. The van der Waals surface area contributed by atoms with Gasteiger partial charge in [0.1, 0.15) is 4.83 Å². The van der Waals surface area contributed by atoms with Crippen LogP contribution in [0, 0.1) is 0 Å². The molecule has 31 heavy (non-hydrogen) atoms. The second kappa shape index (κ2) is 8.86. The van der Waals surface area contributed by atoms with Gasteiger partial charge in [-0.2, -0.15) is 0 Å². The Balaban J connectivity index is 1.64. The molecule has 0 amide bonds. The van der Waals surface area contributed by atoms with Crippen molar-refractivity contribution in [3.63, 3.8) is 0 Å². The third kappa shape index (κ3) is 4.44. The number of hydrogen-bond donors (Lipinski definition) is 0. The second-order valence-corrected chi connectivity index (χ2v) is 8.57. The summed E-state index contributed by atoms with van der Waals surface area (Å²) in [5, 5.41) is 2.65. The van der Waals surface area contributed by atoms with Crippen molar-refractivity contribution < 1.29 is 9.53 Å². The number of fused-ring (bicyclic) bond motifs is 1. The molecule has 0 spiro atoms. The SMILES string of the molecule is CCc1ccc(-c2csc3ncn(Cc4ccc(C(=O)OC(C)C)cc4)c(=O)c23)cc1. The van der Waals surface area contributed by atoms with Gasteiger partial charge in [-0.05, 0) is 49.1 Å². The molecular weight excluding hydrogens is 408 g/mol. The van der Waals surface area contributed by atoms with Crippen molar-refractivity contribution in [2.45, 2.75) is 39.8 Å². The number of esters is 1. The standard InChI is InChI=1S/C25H24N2O3S/c1-4-17-5-9-19(10-6-17)21-14-31-23-22(21)24(28)27(15-26-23)13-18-7-11-20(12-8-18)25(29)30-16(2)3/h5-12,14-16H,4,13H2,1-3H3. The Morgan fingerprint density at radius 2 is 1.74 bits per heavy atom. The molecule has 0 atom stereocenters. The van der Waals surface area contributed by atoms with Crippen LogP contribution in [0.5, 0.6) is 0 Å². The highest BCUT2D eigenvalue weighted by atomic mass is 32.1. The number of ether oxygens (including phenoxy) is 1. The van der Waals surface area contributed by atoms with E-state index >= 15 is 0 Å². The molecule has 0 N–H and O–H groups in total. The van der Waals surface area contributed by atoms with Gasteiger partial charge in [0.15, 0.2) is 0 Å². The number of aryl methyl sites for hydroxylation is 1. The number of nitrogens with zero attached hydrogens (tertiary/aromatic N) is 2. The van der Waals surface area contributed by atoms with Gasteiger partial charge in [-0.25, -0.2) is 9.78 Å². The van der Waals surface area contributed by atoms with E-state index in [0.29, 0.717) is 17.5 Å². The molecule has 2 heterocycles. The van der Waals surface area contributed by atoms with Crippen LogP contribution in [0.3, 0.4) is 0 Å². The topological polar surface area (TPSA) is 61.2 Å². The molecular formula is C25H24N2O3S. The Bertz CT molecular complexity index is 1270. The van der Waals surface area contributed by atoms with Gasteiger partial charge in [0.2, 0.25) is 0 Å². The maximum atomic E-state index is 13.3. The van der Waals surface area contributed by atoms with E-state index in [0.717, 1.165) is 27.9 Å². The molecule has 0 saturated heterocycles. The van der Waals surface area contributed by atoms with Gasteiger partial charge in [-0.15, -0.1) is 11.3 Å². The first-order valence-electron chi connectivity index (χ1n) is 10.3. The molecule has 0 unspecified atom stereocenters. The Labute approximate surface area is 185 Å². The zero-order valence-electron chi connectivity index (χ0n) is 17.8. The fourth-order valence-corrected chi connectivity index (χ4v) is 4.34. The highest BCUT2D eigenvalue weighted by molar-refractivity contribution is 7.17. The summed E-state index contributed by atoms with van der Waals surface area (Å²) in [7, 11) is 0. The van der Waals surface area contributed by atoms with E-state index in [1.54, 1.807) is 23.0 Å². The van der Waals surface area contributed by atoms with E-state index < -0.39 is 0 Å². The monoisotopic (exact) mass is 432 g/mol. The molecule has 4 rings (SSSR count). The third-order valence-corrected chi connectivity index (χ3v) is 6.01. The summed E-state index contributed by atoms with van der Waals surface area (Å²) < 4.78 is 6.83. The summed E-state index contributed by atoms with van der Waals surface area (Å²) in [6, 6.07) is 15.4. The van der Waals surface area contributed by atoms with Gasteiger partial charge in [0.05, 0.1) is 29.9 Å². The van der Waals surface area contributed by atoms with Crippen molar-refractivity contribution in [3.8, 4) is 11.1 Å². The van der Waals surface area contributed by atoms with E-state index in [1.165, 1.54) is 16.9 Å². The maximum Gasteiger partial charge on any atom is 0.338 e. The molecule has 2 aromatic carbocycles. The van der Waals surface area contributed by atoms with E-state index in [4.69, 9.17) is 4.74 Å². The maximum absolute atomic E-state index is 13.3. The molecule has 0 aliphatic rings. The van der Waals surface area contributed by atoms with Crippen LogP contribution in [0.1, 0.15) is 42.3 Å². The molecule has 0 radical (unpaired) electrons. The fraction of sp³-hybridized carbons (Fsp3) is 0.240. The van der Waals surface area contributed by atoms with Crippen LogP contribution in [-0.2, 0) is 17.7 Å². The van der Waals surface area contributed by atoms with E-state index in [1.807, 2.05) is 31.4 Å². The molecule has 0 fully saturated rings. The lowest BCUT2D eigenvalue weighted by Crippen LogP contribution is -2.21. The van der Waals surface area contributed by atoms with Crippen LogP contribution < -0.4 is 5.56 Å². The van der Waals surface area contributed by atoms with Gasteiger partial charge in [0.25, 0.3) is 5.56 Å². The highest BCUT2D eigenvalue weighted by Crippen LogP contribution is 2.30. The summed E-state index contributed by atoms with van der Waals surface area (Å²) in [5.74, 6) is -0.348. The van der Waals surface area contributed by atoms with Crippen LogP contribution in [-0.4, -0.2) is 21.6 Å². The Morgan fingerprint density at radius 3 is 2.39 bits per heavy atom. The van der Waals surface area contributed by atoms with Crippen molar-refractivity contribution in [2.24, 2.45) is 0 Å². The lowest BCUT2D eigenvalue weighted by molar-refractivity contribution is 0.0378. The molecule has 6 heteroatoms. The van der Waals surface area contributed by atoms with Crippen molar-refractivity contribution in [2.75, 3.05) is 0 Å². The van der Waals surface area contributed by atoms with Gasteiger partial charge in [0, 0.05) is 10.9 Å². The Kier molecular flexibility index (Phi) is 6.00. The molecule has 2 aromatic heterocycles. The minimum absolute atomic E-state index is 0.0656. The van der Waals surface area contributed by atoms with Crippen molar-refractivity contribution >= 4 is 27.5 Å². The van der Waals surface area contributed by atoms with Gasteiger partial charge >= 0.3 is 5.97 Å². The average molecular weight is 433 g/mol. The van der Waals surface area contributed by atoms with E-state index in [2.05, 4.69) is 36.2 Å². The van der Waals surface area contributed by atoms with E-state index in [-0.39, 0.29) is 17.6 Å². The number of thiophene rings is 1. The quantitative estimate of drug-likeness (QED) is 0.388. The molecule has 158 valence electrons. The van der Waals surface area contributed by atoms with Crippen LogP contribution >= 0.6 is 11.3 Å². The first kappa shape index (κ1) is 21.0. The average Bonchev–Trinajstić information content (AvgIpc) is 3.21. The number of carbonyl (C=O) groups is 1. The largest absolute Gasteiger partial charge is 0.459 e. The van der Waals surface area contributed by atoms with Crippen molar-refractivity contribution in [1.29, 1.82) is 0 Å². The lowest BCUT2D eigenvalue weighted by Gasteiger charge is -2.09. The van der Waals surface area contributed by atoms with Crippen LogP contribution in [0.15, 0.2) is 65.0 Å². The summed E-state index contributed by atoms with van der Waals surface area (Å²) in [6.07, 6.45) is 2.40. The van der Waals surface area contributed by atoms with Gasteiger partial charge in [-0.1, -0.05) is 43.3 Å². The predicted molar refractivity (Wildman–Crippen MR) is 125 cm³/mol. The number of benzene rings is 2. The summed E-state index contributed by atoms with van der Waals surface area (Å²) >= 11 is 1.48. The third-order valence-electron chi connectivity index (χ3n) is 5.12. The Hall–Kier alpha value is -3.25. The predicted octanol–water partition coefficient (Wildman–Crippen LogP) is 5.30. The normalized spacial score (nSPS) is 11.2. The minimum Gasteiger partial charge on any atom is -0.459 e. The molecule has 4 aromatic rings. The van der Waals surface area contributed by atoms with E-state index in [9.17, 15) is 9.59 Å². The summed E-state index contributed by atoms with van der Waals surface area (Å²) in [5.41, 5.74) is 4.54. The smallest absolute Gasteiger partial charge is 0.338 e.